The van der Waals surface area contributed by atoms with Gasteiger partial charge in [-0.1, -0.05) is 0 Å². The average Bonchev–Trinajstić information content (AvgIpc) is 3.56. The Kier molecular flexibility index (Phi) is 6.79. The maximum absolute atomic E-state index is 14.8. The van der Waals surface area contributed by atoms with E-state index in [1.54, 1.807) is 20.2 Å². The number of carbonyl (C=O) groups is 1. The van der Waals surface area contributed by atoms with Crippen molar-refractivity contribution in [2.75, 3.05) is 24.4 Å². The lowest BCUT2D eigenvalue weighted by Crippen LogP contribution is -2.45. The SMILES string of the molecule is COCCn1ncc2cc(Nc3nc(N[C@H](C4CC4)[C@H](C)NC(=O)O)c(F)cc3C#N)ccc21. The summed E-state index contributed by atoms with van der Waals surface area (Å²) >= 11 is 0. The fourth-order valence-corrected chi connectivity index (χ4v) is 3.98. The number of anilines is 3. The molecule has 2 atom stereocenters. The molecule has 3 aromatic rings. The molecule has 178 valence electrons. The molecular weight excluding hydrogens is 441 g/mol. The van der Waals surface area contributed by atoms with E-state index >= 15 is 0 Å². The molecule has 11 heteroatoms. The van der Waals surface area contributed by atoms with Crippen LogP contribution in [0.4, 0.5) is 26.5 Å². The van der Waals surface area contributed by atoms with Crippen LogP contribution in [0, 0.1) is 23.1 Å². The number of halogens is 1. The number of carboxylic acid groups (broad SMARTS) is 1. The molecule has 1 fully saturated rings. The van der Waals surface area contributed by atoms with Crippen LogP contribution in [0.1, 0.15) is 25.3 Å². The average molecular weight is 468 g/mol. The van der Waals surface area contributed by atoms with Crippen molar-refractivity contribution in [3.8, 4) is 6.07 Å². The van der Waals surface area contributed by atoms with Crippen LogP contribution >= 0.6 is 0 Å². The molecule has 0 radical (unpaired) electrons. The largest absolute Gasteiger partial charge is 0.465 e. The summed E-state index contributed by atoms with van der Waals surface area (Å²) < 4.78 is 21.7. The van der Waals surface area contributed by atoms with Gasteiger partial charge in [-0.15, -0.1) is 0 Å². The summed E-state index contributed by atoms with van der Waals surface area (Å²) in [6, 6.07) is 7.92. The van der Waals surface area contributed by atoms with E-state index < -0.39 is 18.0 Å². The van der Waals surface area contributed by atoms with Gasteiger partial charge in [-0.25, -0.2) is 14.2 Å². The Morgan fingerprint density at radius 2 is 2.18 bits per heavy atom. The maximum Gasteiger partial charge on any atom is 0.404 e. The van der Waals surface area contributed by atoms with Gasteiger partial charge in [0, 0.05) is 24.2 Å². The second-order valence-electron chi connectivity index (χ2n) is 8.33. The lowest BCUT2D eigenvalue weighted by atomic mass is 10.0. The van der Waals surface area contributed by atoms with E-state index in [0.717, 1.165) is 29.8 Å². The highest BCUT2D eigenvalue weighted by atomic mass is 19.1. The fraction of sp³-hybridized carbons (Fsp3) is 0.391. The zero-order valence-electron chi connectivity index (χ0n) is 18.9. The van der Waals surface area contributed by atoms with Crippen LogP contribution in [0.15, 0.2) is 30.5 Å². The maximum atomic E-state index is 14.8. The highest BCUT2D eigenvalue weighted by molar-refractivity contribution is 5.83. The van der Waals surface area contributed by atoms with Crippen LogP contribution in [0.2, 0.25) is 0 Å². The first-order valence-corrected chi connectivity index (χ1v) is 11.0. The third-order valence-electron chi connectivity index (χ3n) is 5.83. The van der Waals surface area contributed by atoms with Crippen molar-refractivity contribution in [3.05, 3.63) is 41.8 Å². The molecule has 1 aliphatic rings. The highest BCUT2D eigenvalue weighted by Crippen LogP contribution is 2.36. The summed E-state index contributed by atoms with van der Waals surface area (Å²) in [6.07, 6.45) is 2.44. The molecule has 1 aliphatic carbocycles. The van der Waals surface area contributed by atoms with Crippen molar-refractivity contribution < 1.29 is 19.0 Å². The van der Waals surface area contributed by atoms with Crippen molar-refractivity contribution >= 4 is 34.3 Å². The number of rotatable bonds is 10. The Morgan fingerprint density at radius 1 is 1.38 bits per heavy atom. The van der Waals surface area contributed by atoms with Gasteiger partial charge in [-0.3, -0.25) is 4.68 Å². The molecule has 1 aromatic carbocycles. The molecule has 2 aromatic heterocycles. The number of methoxy groups -OCH3 is 1. The number of benzene rings is 1. The molecule has 34 heavy (non-hydrogen) atoms. The first-order chi connectivity index (χ1) is 16.4. The summed E-state index contributed by atoms with van der Waals surface area (Å²) in [7, 11) is 1.63. The minimum atomic E-state index is -1.14. The van der Waals surface area contributed by atoms with Crippen LogP contribution in [-0.4, -0.2) is 51.8 Å². The monoisotopic (exact) mass is 467 g/mol. The number of nitriles is 1. The van der Waals surface area contributed by atoms with Crippen LogP contribution in [0.25, 0.3) is 10.9 Å². The summed E-state index contributed by atoms with van der Waals surface area (Å²) in [4.78, 5) is 15.4. The van der Waals surface area contributed by atoms with Gasteiger partial charge in [-0.05, 0) is 49.9 Å². The van der Waals surface area contributed by atoms with Crippen LogP contribution < -0.4 is 16.0 Å². The zero-order chi connectivity index (χ0) is 24.2. The smallest absolute Gasteiger partial charge is 0.404 e. The van der Waals surface area contributed by atoms with E-state index in [9.17, 15) is 14.4 Å². The highest BCUT2D eigenvalue weighted by Gasteiger charge is 2.36. The van der Waals surface area contributed by atoms with Crippen molar-refractivity contribution in [2.24, 2.45) is 5.92 Å². The number of hydrogen-bond acceptors (Lipinski definition) is 7. The number of nitrogens with one attached hydrogen (secondary N) is 3. The van der Waals surface area contributed by atoms with Crippen LogP contribution in [0.5, 0.6) is 0 Å². The van der Waals surface area contributed by atoms with Gasteiger partial charge in [0.25, 0.3) is 0 Å². The van der Waals surface area contributed by atoms with Gasteiger partial charge in [-0.2, -0.15) is 10.4 Å². The third-order valence-corrected chi connectivity index (χ3v) is 5.83. The fourth-order valence-electron chi connectivity index (χ4n) is 3.98. The Balaban J connectivity index is 1.59. The quantitative estimate of drug-likeness (QED) is 0.354. The van der Waals surface area contributed by atoms with E-state index in [1.807, 2.05) is 29.0 Å². The summed E-state index contributed by atoms with van der Waals surface area (Å²) in [6.45, 7) is 2.89. The topological polar surface area (TPSA) is 137 Å². The molecule has 2 heterocycles. The molecule has 1 amide bonds. The van der Waals surface area contributed by atoms with Gasteiger partial charge in [0.1, 0.15) is 6.07 Å². The van der Waals surface area contributed by atoms with Gasteiger partial charge in [0.2, 0.25) is 0 Å². The predicted octanol–water partition coefficient (Wildman–Crippen LogP) is 3.68. The van der Waals surface area contributed by atoms with Crippen molar-refractivity contribution in [2.45, 2.75) is 38.4 Å². The molecule has 1 saturated carbocycles. The van der Waals surface area contributed by atoms with Crippen LogP contribution in [0.3, 0.4) is 0 Å². The minimum absolute atomic E-state index is 0.0362. The van der Waals surface area contributed by atoms with E-state index in [0.29, 0.717) is 18.8 Å². The van der Waals surface area contributed by atoms with Crippen molar-refractivity contribution in [1.82, 2.24) is 20.1 Å². The number of nitrogens with zero attached hydrogens (tertiary/aromatic N) is 4. The number of hydrogen-bond donors (Lipinski definition) is 4. The van der Waals surface area contributed by atoms with Crippen LogP contribution in [-0.2, 0) is 11.3 Å². The standard InChI is InChI=1S/C23H26FN7O3/c1-13(27-23(32)33)20(14-3-4-14)29-22-18(24)10-15(11-25)21(30-22)28-17-5-6-19-16(9-17)12-26-31(19)7-8-34-2/h5-6,9-10,12-14,20,27H,3-4,7-8H2,1-2H3,(H,32,33)(H2,28,29,30)/t13-,20-/m0/s1. The van der Waals surface area contributed by atoms with Gasteiger partial charge < -0.3 is 25.8 Å². The Morgan fingerprint density at radius 3 is 2.85 bits per heavy atom. The van der Waals surface area contributed by atoms with E-state index in [1.165, 1.54) is 0 Å². The first-order valence-electron chi connectivity index (χ1n) is 11.0. The summed E-state index contributed by atoms with van der Waals surface area (Å²) in [5, 5.41) is 32.4. The molecule has 4 N–H and O–H groups in total. The van der Waals surface area contributed by atoms with E-state index in [2.05, 4.69) is 26.0 Å². The molecule has 0 bridgehead atoms. The molecule has 10 nitrogen and oxygen atoms in total. The Bertz CT molecular complexity index is 1240. The molecule has 0 spiro atoms. The molecular formula is C23H26FN7O3. The number of pyridine rings is 1. The van der Waals surface area contributed by atoms with Crippen molar-refractivity contribution in [1.29, 1.82) is 5.26 Å². The normalized spacial score (nSPS) is 14.9. The first kappa shape index (κ1) is 23.3. The number of amides is 1. The molecule has 0 saturated heterocycles. The number of aromatic nitrogens is 3. The Hall–Kier alpha value is -3.91. The van der Waals surface area contributed by atoms with Gasteiger partial charge in [0.05, 0.1) is 36.5 Å². The predicted molar refractivity (Wildman–Crippen MR) is 125 cm³/mol. The Labute approximate surface area is 195 Å². The third kappa shape index (κ3) is 5.18. The summed E-state index contributed by atoms with van der Waals surface area (Å²) in [5.41, 5.74) is 1.66. The van der Waals surface area contributed by atoms with Gasteiger partial charge in [0.15, 0.2) is 17.5 Å². The number of ether oxygens (including phenoxy) is 1. The molecule has 0 aliphatic heterocycles. The molecule has 4 rings (SSSR count). The lowest BCUT2D eigenvalue weighted by Gasteiger charge is -2.26. The van der Waals surface area contributed by atoms with E-state index in [4.69, 9.17) is 9.84 Å². The zero-order valence-corrected chi connectivity index (χ0v) is 18.9. The second kappa shape index (κ2) is 9.93. The molecule has 0 unspecified atom stereocenters. The van der Waals surface area contributed by atoms with E-state index in [-0.39, 0.29) is 29.2 Å². The number of fused-ring (bicyclic) bond motifs is 1. The minimum Gasteiger partial charge on any atom is -0.465 e. The van der Waals surface area contributed by atoms with Crippen molar-refractivity contribution in [3.63, 3.8) is 0 Å². The lowest BCUT2D eigenvalue weighted by molar-refractivity contribution is 0.185. The summed E-state index contributed by atoms with van der Waals surface area (Å²) in [5.74, 6) is -0.297. The second-order valence-corrected chi connectivity index (χ2v) is 8.33. The van der Waals surface area contributed by atoms with Gasteiger partial charge >= 0.3 is 6.09 Å².